The van der Waals surface area contributed by atoms with Gasteiger partial charge >= 0.3 is 0 Å². The van der Waals surface area contributed by atoms with Crippen LogP contribution in [0, 0.1) is 0 Å². The lowest BCUT2D eigenvalue weighted by Gasteiger charge is -2.11. The van der Waals surface area contributed by atoms with E-state index in [4.69, 9.17) is 15.0 Å². The largest absolute Gasteiger partial charge is 0.481 e. The molecule has 0 bridgehead atoms. The number of pyridine rings is 1. The molecule has 0 aliphatic heterocycles. The van der Waals surface area contributed by atoms with Crippen LogP contribution in [0.5, 0.6) is 0 Å². The van der Waals surface area contributed by atoms with Gasteiger partial charge in [-0.05, 0) is 11.6 Å². The fraction of sp³-hybridized carbons (Fsp3) is 0.222. The summed E-state index contributed by atoms with van der Waals surface area (Å²) in [4.78, 5) is 15.7. The highest BCUT2D eigenvalue weighted by Crippen LogP contribution is 2.22. The van der Waals surface area contributed by atoms with Crippen molar-refractivity contribution in [1.82, 2.24) is 9.38 Å². The summed E-state index contributed by atoms with van der Waals surface area (Å²) in [6, 6.07) is 11.9. The second-order valence-electron chi connectivity index (χ2n) is 5.55. The molecule has 6 nitrogen and oxygen atoms in total. The van der Waals surface area contributed by atoms with E-state index >= 15 is 0 Å². The number of carbonyl (C=O) groups is 1. The average Bonchev–Trinajstić information content (AvgIpc) is 2.97. The van der Waals surface area contributed by atoms with E-state index in [9.17, 15) is 0 Å². The maximum Gasteiger partial charge on any atom is 0.300 e. The van der Waals surface area contributed by atoms with E-state index in [1.54, 1.807) is 0 Å². The van der Waals surface area contributed by atoms with Gasteiger partial charge < -0.3 is 19.5 Å². The SMILES string of the molecule is CC(=O)O.CN(C)c1ccn2cc(-c3ccc(CO)cc3)nc2c1. The molecule has 0 saturated carbocycles. The molecule has 0 unspecified atom stereocenters. The molecule has 0 atom stereocenters. The molecule has 0 aliphatic carbocycles. The molecule has 2 heterocycles. The highest BCUT2D eigenvalue weighted by molar-refractivity contribution is 5.65. The molecule has 6 heteroatoms. The average molecular weight is 327 g/mol. The number of aliphatic hydroxyl groups excluding tert-OH is 1. The number of aliphatic hydroxyl groups is 1. The zero-order valence-corrected chi connectivity index (χ0v) is 14.0. The summed E-state index contributed by atoms with van der Waals surface area (Å²) in [5.74, 6) is -0.833. The Balaban J connectivity index is 0.000000471. The second-order valence-corrected chi connectivity index (χ2v) is 5.55. The van der Waals surface area contributed by atoms with Crippen molar-refractivity contribution in [2.45, 2.75) is 13.5 Å². The molecule has 2 N–H and O–H groups in total. The summed E-state index contributed by atoms with van der Waals surface area (Å²) in [6.45, 7) is 1.15. The highest BCUT2D eigenvalue weighted by atomic mass is 16.4. The highest BCUT2D eigenvalue weighted by Gasteiger charge is 2.05. The molecule has 3 aromatic rings. The molecule has 1 aromatic carbocycles. The van der Waals surface area contributed by atoms with Gasteiger partial charge in [0.25, 0.3) is 5.97 Å². The molecular weight excluding hydrogens is 306 g/mol. The Bertz CT molecular complexity index is 819. The summed E-state index contributed by atoms with van der Waals surface area (Å²) in [7, 11) is 4.03. The Hall–Kier alpha value is -2.86. The van der Waals surface area contributed by atoms with Crippen molar-refractivity contribution in [2.24, 2.45) is 0 Å². The van der Waals surface area contributed by atoms with Crippen LogP contribution >= 0.6 is 0 Å². The van der Waals surface area contributed by atoms with Crippen molar-refractivity contribution >= 4 is 17.3 Å². The van der Waals surface area contributed by atoms with Crippen LogP contribution in [0.4, 0.5) is 5.69 Å². The fourth-order valence-corrected chi connectivity index (χ4v) is 2.17. The van der Waals surface area contributed by atoms with Gasteiger partial charge in [0.1, 0.15) is 5.65 Å². The fourth-order valence-electron chi connectivity index (χ4n) is 2.17. The first kappa shape index (κ1) is 17.5. The Kier molecular flexibility index (Phi) is 5.55. The van der Waals surface area contributed by atoms with E-state index in [-0.39, 0.29) is 6.61 Å². The van der Waals surface area contributed by atoms with Crippen LogP contribution in [-0.2, 0) is 11.4 Å². The zero-order chi connectivity index (χ0) is 17.7. The van der Waals surface area contributed by atoms with Gasteiger partial charge in [0.15, 0.2) is 0 Å². The lowest BCUT2D eigenvalue weighted by molar-refractivity contribution is -0.134. The number of benzene rings is 1. The molecule has 126 valence electrons. The monoisotopic (exact) mass is 327 g/mol. The lowest BCUT2D eigenvalue weighted by atomic mass is 10.1. The van der Waals surface area contributed by atoms with Gasteiger partial charge in [-0.1, -0.05) is 24.3 Å². The first-order valence-corrected chi connectivity index (χ1v) is 7.46. The molecule has 0 spiro atoms. The Morgan fingerprint density at radius 3 is 2.38 bits per heavy atom. The molecule has 0 fully saturated rings. The quantitative estimate of drug-likeness (QED) is 0.773. The number of anilines is 1. The number of imidazole rings is 1. The molecule has 24 heavy (non-hydrogen) atoms. The maximum absolute atomic E-state index is 9.07. The third-order valence-corrected chi connectivity index (χ3v) is 3.39. The van der Waals surface area contributed by atoms with Crippen molar-refractivity contribution in [3.05, 3.63) is 54.4 Å². The minimum Gasteiger partial charge on any atom is -0.481 e. The first-order chi connectivity index (χ1) is 11.4. The third kappa shape index (κ3) is 4.33. The van der Waals surface area contributed by atoms with Crippen molar-refractivity contribution in [2.75, 3.05) is 19.0 Å². The number of fused-ring (bicyclic) bond motifs is 1. The minimum absolute atomic E-state index is 0.0671. The predicted molar refractivity (Wildman–Crippen MR) is 94.2 cm³/mol. The smallest absolute Gasteiger partial charge is 0.300 e. The van der Waals surface area contributed by atoms with Gasteiger partial charge in [-0.2, -0.15) is 0 Å². The number of aromatic nitrogens is 2. The van der Waals surface area contributed by atoms with E-state index in [1.807, 2.05) is 55.2 Å². The van der Waals surface area contributed by atoms with Gasteiger partial charge in [0.05, 0.1) is 12.3 Å². The van der Waals surface area contributed by atoms with E-state index in [1.165, 1.54) is 0 Å². The second kappa shape index (κ2) is 7.61. The van der Waals surface area contributed by atoms with Crippen molar-refractivity contribution < 1.29 is 15.0 Å². The van der Waals surface area contributed by atoms with Crippen LogP contribution in [-0.4, -0.2) is 39.7 Å². The van der Waals surface area contributed by atoms with E-state index in [0.29, 0.717) is 0 Å². The molecule has 0 amide bonds. The maximum atomic E-state index is 9.07. The number of aliphatic carboxylic acids is 1. The Morgan fingerprint density at radius 2 is 1.83 bits per heavy atom. The number of carboxylic acid groups (broad SMARTS) is 1. The van der Waals surface area contributed by atoms with E-state index in [2.05, 4.69) is 22.0 Å². The molecule has 3 rings (SSSR count). The topological polar surface area (TPSA) is 78.1 Å². The van der Waals surface area contributed by atoms with Crippen LogP contribution in [0.2, 0.25) is 0 Å². The standard InChI is InChI=1S/C16H17N3O.C2H4O2/c1-18(2)14-7-8-19-10-15(17-16(19)9-14)13-5-3-12(11-20)4-6-13;1-2(3)4/h3-10,20H,11H2,1-2H3;1H3,(H,3,4). The van der Waals surface area contributed by atoms with Gasteiger partial charge in [-0.25, -0.2) is 4.98 Å². The van der Waals surface area contributed by atoms with Crippen molar-refractivity contribution in [1.29, 1.82) is 0 Å². The molecule has 0 saturated heterocycles. The predicted octanol–water partition coefficient (Wildman–Crippen LogP) is 2.65. The summed E-state index contributed by atoms with van der Waals surface area (Å²) < 4.78 is 2.02. The van der Waals surface area contributed by atoms with E-state index in [0.717, 1.165) is 35.1 Å². The number of rotatable bonds is 3. The van der Waals surface area contributed by atoms with Gasteiger partial charge in [0.2, 0.25) is 0 Å². The third-order valence-electron chi connectivity index (χ3n) is 3.39. The van der Waals surface area contributed by atoms with Crippen molar-refractivity contribution in [3.63, 3.8) is 0 Å². The zero-order valence-electron chi connectivity index (χ0n) is 14.0. The summed E-state index contributed by atoms with van der Waals surface area (Å²) in [5.41, 5.74) is 4.96. The number of carboxylic acids is 1. The number of hydrogen-bond donors (Lipinski definition) is 2. The number of nitrogens with zero attached hydrogens (tertiary/aromatic N) is 3. The van der Waals surface area contributed by atoms with Crippen LogP contribution in [0.3, 0.4) is 0 Å². The van der Waals surface area contributed by atoms with Crippen LogP contribution < -0.4 is 4.90 Å². The molecular formula is C18H21N3O3. The Labute approximate surface area is 140 Å². The summed E-state index contributed by atoms with van der Waals surface area (Å²) >= 11 is 0. The molecule has 2 aromatic heterocycles. The Morgan fingerprint density at radius 1 is 1.21 bits per heavy atom. The lowest BCUT2D eigenvalue weighted by Crippen LogP contribution is -2.08. The van der Waals surface area contributed by atoms with E-state index < -0.39 is 5.97 Å². The van der Waals surface area contributed by atoms with Gasteiger partial charge in [-0.15, -0.1) is 0 Å². The van der Waals surface area contributed by atoms with Crippen LogP contribution in [0.25, 0.3) is 16.9 Å². The normalized spacial score (nSPS) is 10.2. The summed E-state index contributed by atoms with van der Waals surface area (Å²) in [6.07, 6.45) is 4.03. The molecule has 0 radical (unpaired) electrons. The number of hydrogen-bond acceptors (Lipinski definition) is 4. The minimum atomic E-state index is -0.833. The van der Waals surface area contributed by atoms with Crippen LogP contribution in [0.1, 0.15) is 12.5 Å². The van der Waals surface area contributed by atoms with Gasteiger partial charge in [0, 0.05) is 50.7 Å². The van der Waals surface area contributed by atoms with Crippen LogP contribution in [0.15, 0.2) is 48.8 Å². The summed E-state index contributed by atoms with van der Waals surface area (Å²) in [5, 5.41) is 16.5. The first-order valence-electron chi connectivity index (χ1n) is 7.46. The molecule has 0 aliphatic rings. The van der Waals surface area contributed by atoms with Gasteiger partial charge in [-0.3, -0.25) is 4.79 Å². The van der Waals surface area contributed by atoms with Crippen molar-refractivity contribution in [3.8, 4) is 11.3 Å².